The number of amides is 1. The first-order valence-electron chi connectivity index (χ1n) is 6.99. The van der Waals surface area contributed by atoms with Crippen molar-refractivity contribution >= 4 is 23.5 Å². The summed E-state index contributed by atoms with van der Waals surface area (Å²) in [6, 6.07) is 7.22. The van der Waals surface area contributed by atoms with Crippen molar-refractivity contribution in [3.63, 3.8) is 0 Å². The number of esters is 1. The van der Waals surface area contributed by atoms with Crippen LogP contribution in [0.1, 0.15) is 36.2 Å². The van der Waals surface area contributed by atoms with Crippen molar-refractivity contribution in [3.8, 4) is 0 Å². The van der Waals surface area contributed by atoms with Crippen molar-refractivity contribution in [3.05, 3.63) is 35.4 Å². The minimum absolute atomic E-state index is 0.0753. The second kappa shape index (κ2) is 8.67. The molecule has 0 aliphatic rings. The van der Waals surface area contributed by atoms with Gasteiger partial charge in [-0.1, -0.05) is 26.0 Å². The van der Waals surface area contributed by atoms with Gasteiger partial charge in [-0.25, -0.2) is 0 Å². The third kappa shape index (κ3) is 5.76. The minimum atomic E-state index is -0.311. The Bertz CT molecular complexity index is 471. The highest BCUT2D eigenvalue weighted by molar-refractivity contribution is 6.17. The maximum absolute atomic E-state index is 12.5. The van der Waals surface area contributed by atoms with E-state index in [0.717, 1.165) is 5.56 Å². The van der Waals surface area contributed by atoms with Gasteiger partial charge in [-0.2, -0.15) is 0 Å². The first kappa shape index (κ1) is 17.5. The predicted molar refractivity (Wildman–Crippen MR) is 83.4 cm³/mol. The standard InChI is InChI=1S/C16H22ClNO3/c1-12(2)11-18(9-8-15(19)21-3)16(20)14-6-4-13(10-17)5-7-14/h4-7,12H,8-11H2,1-3H3. The summed E-state index contributed by atoms with van der Waals surface area (Å²) >= 11 is 5.74. The van der Waals surface area contributed by atoms with E-state index in [9.17, 15) is 9.59 Å². The van der Waals surface area contributed by atoms with Crippen molar-refractivity contribution < 1.29 is 14.3 Å². The van der Waals surface area contributed by atoms with Crippen LogP contribution >= 0.6 is 11.6 Å². The lowest BCUT2D eigenvalue weighted by Gasteiger charge is -2.24. The number of hydrogen-bond donors (Lipinski definition) is 0. The number of nitrogens with zero attached hydrogens (tertiary/aromatic N) is 1. The van der Waals surface area contributed by atoms with Crippen LogP contribution in [0.25, 0.3) is 0 Å². The first-order valence-corrected chi connectivity index (χ1v) is 7.52. The average molecular weight is 312 g/mol. The van der Waals surface area contributed by atoms with Crippen LogP contribution in [-0.2, 0) is 15.4 Å². The zero-order valence-electron chi connectivity index (χ0n) is 12.8. The smallest absolute Gasteiger partial charge is 0.307 e. The molecule has 0 fully saturated rings. The Morgan fingerprint density at radius 2 is 1.86 bits per heavy atom. The normalized spacial score (nSPS) is 10.5. The van der Waals surface area contributed by atoms with E-state index in [1.807, 2.05) is 26.0 Å². The molecule has 116 valence electrons. The summed E-state index contributed by atoms with van der Waals surface area (Å²) in [7, 11) is 1.35. The number of methoxy groups -OCH3 is 1. The van der Waals surface area contributed by atoms with Crippen LogP contribution in [0.2, 0.25) is 0 Å². The van der Waals surface area contributed by atoms with E-state index in [1.165, 1.54) is 7.11 Å². The third-order valence-corrected chi connectivity index (χ3v) is 3.35. The quantitative estimate of drug-likeness (QED) is 0.574. The Hall–Kier alpha value is -1.55. The van der Waals surface area contributed by atoms with E-state index in [0.29, 0.717) is 30.5 Å². The van der Waals surface area contributed by atoms with Crippen LogP contribution < -0.4 is 0 Å². The predicted octanol–water partition coefficient (Wildman–Crippen LogP) is 3.09. The van der Waals surface area contributed by atoms with Gasteiger partial charge in [0, 0.05) is 24.5 Å². The summed E-state index contributed by atoms with van der Waals surface area (Å²) in [6.07, 6.45) is 0.203. The molecule has 0 N–H and O–H groups in total. The number of halogens is 1. The number of carbonyl (C=O) groups excluding carboxylic acids is 2. The number of benzene rings is 1. The van der Waals surface area contributed by atoms with Gasteiger partial charge in [0.15, 0.2) is 0 Å². The SMILES string of the molecule is COC(=O)CCN(CC(C)C)C(=O)c1ccc(CCl)cc1. The first-order chi connectivity index (χ1) is 9.97. The maximum atomic E-state index is 12.5. The molecule has 0 radical (unpaired) electrons. The van der Waals surface area contributed by atoms with Crippen LogP contribution in [0.3, 0.4) is 0 Å². The van der Waals surface area contributed by atoms with Gasteiger partial charge >= 0.3 is 5.97 Å². The van der Waals surface area contributed by atoms with Gasteiger partial charge in [-0.3, -0.25) is 9.59 Å². The summed E-state index contributed by atoms with van der Waals surface area (Å²) in [5.74, 6) is 0.364. The summed E-state index contributed by atoms with van der Waals surface area (Å²) in [5.41, 5.74) is 1.58. The van der Waals surface area contributed by atoms with E-state index in [-0.39, 0.29) is 18.3 Å². The van der Waals surface area contributed by atoms with Crippen LogP contribution in [0, 0.1) is 5.92 Å². The number of hydrogen-bond acceptors (Lipinski definition) is 3. The van der Waals surface area contributed by atoms with Gasteiger partial charge in [0.05, 0.1) is 13.5 Å². The molecule has 0 saturated heterocycles. The highest BCUT2D eigenvalue weighted by Crippen LogP contribution is 2.11. The molecule has 0 aromatic heterocycles. The van der Waals surface area contributed by atoms with E-state index < -0.39 is 0 Å². The molecule has 21 heavy (non-hydrogen) atoms. The largest absolute Gasteiger partial charge is 0.469 e. The zero-order chi connectivity index (χ0) is 15.8. The molecular formula is C16H22ClNO3. The number of alkyl halides is 1. The van der Waals surface area contributed by atoms with Crippen LogP contribution in [0.5, 0.6) is 0 Å². The summed E-state index contributed by atoms with van der Waals surface area (Å²) < 4.78 is 4.63. The third-order valence-electron chi connectivity index (χ3n) is 3.04. The molecule has 1 amide bonds. The molecule has 1 rings (SSSR count). The molecule has 0 saturated carbocycles. The highest BCUT2D eigenvalue weighted by Gasteiger charge is 2.18. The monoisotopic (exact) mass is 311 g/mol. The van der Waals surface area contributed by atoms with Crippen LogP contribution in [-0.4, -0.2) is 37.0 Å². The molecule has 0 spiro atoms. The average Bonchev–Trinajstić information content (AvgIpc) is 2.50. The molecule has 0 atom stereocenters. The van der Waals surface area contributed by atoms with Crippen molar-refractivity contribution in [1.82, 2.24) is 4.90 Å². The van der Waals surface area contributed by atoms with Crippen molar-refractivity contribution in [2.75, 3.05) is 20.2 Å². The lowest BCUT2D eigenvalue weighted by atomic mass is 10.1. The Balaban J connectivity index is 2.79. The van der Waals surface area contributed by atoms with Gasteiger partial charge in [0.1, 0.15) is 0 Å². The summed E-state index contributed by atoms with van der Waals surface area (Å²) in [6.45, 7) is 5.04. The van der Waals surface area contributed by atoms with Crippen LogP contribution in [0.4, 0.5) is 0 Å². The lowest BCUT2D eigenvalue weighted by molar-refractivity contribution is -0.140. The van der Waals surface area contributed by atoms with Crippen molar-refractivity contribution in [1.29, 1.82) is 0 Å². The van der Waals surface area contributed by atoms with Crippen molar-refractivity contribution in [2.45, 2.75) is 26.1 Å². The second-order valence-electron chi connectivity index (χ2n) is 5.30. The van der Waals surface area contributed by atoms with Crippen LogP contribution in [0.15, 0.2) is 24.3 Å². The maximum Gasteiger partial charge on any atom is 0.307 e. The van der Waals surface area contributed by atoms with E-state index >= 15 is 0 Å². The fraction of sp³-hybridized carbons (Fsp3) is 0.500. The lowest BCUT2D eigenvalue weighted by Crippen LogP contribution is -2.36. The molecule has 5 heteroatoms. The van der Waals surface area contributed by atoms with E-state index in [1.54, 1.807) is 17.0 Å². The van der Waals surface area contributed by atoms with Gasteiger partial charge in [0.25, 0.3) is 5.91 Å². The number of rotatable bonds is 7. The molecule has 4 nitrogen and oxygen atoms in total. The van der Waals surface area contributed by atoms with Gasteiger partial charge in [-0.15, -0.1) is 11.6 Å². The van der Waals surface area contributed by atoms with Gasteiger partial charge in [0.2, 0.25) is 0 Å². The van der Waals surface area contributed by atoms with Gasteiger partial charge < -0.3 is 9.64 Å². The molecule has 0 aliphatic carbocycles. The fourth-order valence-corrected chi connectivity index (χ4v) is 2.14. The molecular weight excluding hydrogens is 290 g/mol. The Morgan fingerprint density at radius 3 is 2.33 bits per heavy atom. The second-order valence-corrected chi connectivity index (χ2v) is 5.57. The molecule has 0 unspecified atom stereocenters. The molecule has 1 aromatic carbocycles. The molecule has 0 heterocycles. The zero-order valence-corrected chi connectivity index (χ0v) is 13.5. The summed E-state index contributed by atoms with van der Waals surface area (Å²) in [5, 5.41) is 0. The molecule has 1 aromatic rings. The summed E-state index contributed by atoms with van der Waals surface area (Å²) in [4.78, 5) is 25.5. The van der Waals surface area contributed by atoms with Gasteiger partial charge in [-0.05, 0) is 23.6 Å². The minimum Gasteiger partial charge on any atom is -0.469 e. The highest BCUT2D eigenvalue weighted by atomic mass is 35.5. The Labute approximate surface area is 131 Å². The van der Waals surface area contributed by atoms with E-state index in [2.05, 4.69) is 4.74 Å². The number of ether oxygens (including phenoxy) is 1. The molecule has 0 bridgehead atoms. The van der Waals surface area contributed by atoms with Crippen molar-refractivity contribution in [2.24, 2.45) is 5.92 Å². The topological polar surface area (TPSA) is 46.6 Å². The fourth-order valence-electron chi connectivity index (χ4n) is 1.96. The Morgan fingerprint density at radius 1 is 1.24 bits per heavy atom. The molecule has 0 aliphatic heterocycles. The van der Waals surface area contributed by atoms with E-state index in [4.69, 9.17) is 11.6 Å². The number of carbonyl (C=O) groups is 2. The Kier molecular flexibility index (Phi) is 7.23.